The molecule has 19 heavy (non-hydrogen) atoms. The number of rotatable bonds is 8. The minimum Gasteiger partial charge on any atom is -0.398 e. The largest absolute Gasteiger partial charge is 0.398 e. The lowest BCUT2D eigenvalue weighted by Crippen LogP contribution is -2.24. The van der Waals surface area contributed by atoms with Gasteiger partial charge in [0.05, 0.1) is 25.4 Å². The molecule has 4 nitrogen and oxygen atoms in total. The first kappa shape index (κ1) is 16.2. The van der Waals surface area contributed by atoms with Gasteiger partial charge in [0.15, 0.2) is 0 Å². The molecule has 0 aliphatic carbocycles. The van der Waals surface area contributed by atoms with E-state index in [-0.39, 0.29) is 18.5 Å². The van der Waals surface area contributed by atoms with Crippen LogP contribution in [0.4, 0.5) is 10.1 Å². The molecule has 0 radical (unpaired) electrons. The number of halogens is 1. The van der Waals surface area contributed by atoms with Crippen molar-refractivity contribution in [3.63, 3.8) is 0 Å². The van der Waals surface area contributed by atoms with Crippen molar-refractivity contribution in [1.82, 2.24) is 0 Å². The number of hydrogen-bond acceptors (Lipinski definition) is 5. The molecule has 0 aromatic heterocycles. The number of hydrogen-bond donors (Lipinski definition) is 2. The third-order valence-corrected chi connectivity index (χ3v) is 3.61. The topological polar surface area (TPSA) is 64.7 Å². The van der Waals surface area contributed by atoms with Crippen LogP contribution in [0.5, 0.6) is 0 Å². The number of ether oxygens (including phenoxy) is 2. The van der Waals surface area contributed by atoms with Crippen molar-refractivity contribution in [3.05, 3.63) is 24.0 Å². The lowest BCUT2D eigenvalue weighted by Gasteiger charge is -2.16. The van der Waals surface area contributed by atoms with Crippen LogP contribution < -0.4 is 5.73 Å². The van der Waals surface area contributed by atoms with Crippen molar-refractivity contribution in [3.8, 4) is 0 Å². The van der Waals surface area contributed by atoms with Crippen molar-refractivity contribution in [2.24, 2.45) is 0 Å². The van der Waals surface area contributed by atoms with Gasteiger partial charge >= 0.3 is 0 Å². The predicted molar refractivity (Wildman–Crippen MR) is 74.8 cm³/mol. The van der Waals surface area contributed by atoms with E-state index in [1.165, 1.54) is 23.9 Å². The predicted octanol–water partition coefficient (Wildman–Crippen LogP) is 1.91. The van der Waals surface area contributed by atoms with E-state index < -0.39 is 6.10 Å². The molecule has 0 heterocycles. The molecular formula is C13H20FNO3S. The molecule has 0 aliphatic rings. The van der Waals surface area contributed by atoms with E-state index in [1.807, 2.05) is 6.92 Å². The summed E-state index contributed by atoms with van der Waals surface area (Å²) in [4.78, 5) is 0.755. The van der Waals surface area contributed by atoms with Crippen molar-refractivity contribution >= 4 is 17.4 Å². The van der Waals surface area contributed by atoms with Gasteiger partial charge in [0.25, 0.3) is 0 Å². The summed E-state index contributed by atoms with van der Waals surface area (Å²) in [5, 5.41) is 9.77. The Kier molecular flexibility index (Phi) is 7.15. The van der Waals surface area contributed by atoms with E-state index in [2.05, 4.69) is 0 Å². The zero-order valence-electron chi connectivity index (χ0n) is 11.1. The summed E-state index contributed by atoms with van der Waals surface area (Å²) in [5.74, 6) is 0.0781. The SMILES string of the molecule is COCC(C)OCC(O)CSc1ccc(F)cc1N. The molecule has 1 aromatic carbocycles. The number of aliphatic hydroxyl groups is 1. The highest BCUT2D eigenvalue weighted by molar-refractivity contribution is 7.99. The summed E-state index contributed by atoms with van der Waals surface area (Å²) < 4.78 is 23.2. The zero-order valence-corrected chi connectivity index (χ0v) is 12.0. The molecule has 1 aromatic rings. The molecule has 2 unspecified atom stereocenters. The normalized spacial score (nSPS) is 14.3. The second kappa shape index (κ2) is 8.37. The van der Waals surface area contributed by atoms with E-state index in [0.29, 0.717) is 18.0 Å². The fraction of sp³-hybridized carbons (Fsp3) is 0.538. The summed E-state index contributed by atoms with van der Waals surface area (Å²) >= 11 is 1.38. The highest BCUT2D eigenvalue weighted by Crippen LogP contribution is 2.26. The van der Waals surface area contributed by atoms with Gasteiger partial charge in [-0.1, -0.05) is 0 Å². The second-order valence-corrected chi connectivity index (χ2v) is 5.31. The van der Waals surface area contributed by atoms with Crippen molar-refractivity contribution in [1.29, 1.82) is 0 Å². The summed E-state index contributed by atoms with van der Waals surface area (Å²) in [7, 11) is 1.60. The number of nitrogen functional groups attached to an aromatic ring is 1. The molecule has 2 atom stereocenters. The molecule has 3 N–H and O–H groups in total. The first-order valence-electron chi connectivity index (χ1n) is 5.99. The Labute approximate surface area is 117 Å². The molecule has 108 valence electrons. The van der Waals surface area contributed by atoms with Gasteiger partial charge in [-0.05, 0) is 25.1 Å². The number of benzene rings is 1. The first-order chi connectivity index (χ1) is 9.02. The molecule has 0 aliphatic heterocycles. The van der Waals surface area contributed by atoms with E-state index in [9.17, 15) is 9.50 Å². The Morgan fingerprint density at radius 2 is 2.16 bits per heavy atom. The van der Waals surface area contributed by atoms with Crippen LogP contribution in [-0.2, 0) is 9.47 Å². The van der Waals surface area contributed by atoms with Crippen LogP contribution in [-0.4, -0.2) is 43.4 Å². The molecule has 0 bridgehead atoms. The maximum atomic E-state index is 12.9. The fourth-order valence-electron chi connectivity index (χ4n) is 1.44. The summed E-state index contributed by atoms with van der Waals surface area (Å²) in [6.45, 7) is 2.60. The van der Waals surface area contributed by atoms with Crippen LogP contribution in [0.15, 0.2) is 23.1 Å². The van der Waals surface area contributed by atoms with Crippen LogP contribution >= 0.6 is 11.8 Å². The van der Waals surface area contributed by atoms with Crippen LogP contribution in [0.25, 0.3) is 0 Å². The quantitative estimate of drug-likeness (QED) is 0.565. The van der Waals surface area contributed by atoms with Crippen molar-refractivity contribution in [2.75, 3.05) is 31.8 Å². The average Bonchev–Trinajstić information content (AvgIpc) is 2.35. The smallest absolute Gasteiger partial charge is 0.125 e. The van der Waals surface area contributed by atoms with Crippen LogP contribution in [0.1, 0.15) is 6.92 Å². The van der Waals surface area contributed by atoms with E-state index in [1.54, 1.807) is 13.2 Å². The van der Waals surface area contributed by atoms with Gasteiger partial charge in [-0.15, -0.1) is 11.8 Å². The van der Waals surface area contributed by atoms with Gasteiger partial charge in [-0.25, -0.2) is 4.39 Å². The number of nitrogens with two attached hydrogens (primary N) is 1. The Morgan fingerprint density at radius 3 is 2.79 bits per heavy atom. The van der Waals surface area contributed by atoms with Crippen LogP contribution in [0.3, 0.4) is 0 Å². The maximum Gasteiger partial charge on any atom is 0.125 e. The molecule has 6 heteroatoms. The summed E-state index contributed by atoms with van der Waals surface area (Å²) in [5.41, 5.74) is 6.06. The summed E-state index contributed by atoms with van der Waals surface area (Å²) in [6.07, 6.45) is -0.658. The highest BCUT2D eigenvalue weighted by Gasteiger charge is 2.10. The standard InChI is InChI=1S/C13H20FNO3S/c1-9(6-17-2)18-7-11(16)8-19-13-4-3-10(14)5-12(13)15/h3-5,9,11,16H,6-8,15H2,1-2H3. The van der Waals surface area contributed by atoms with Gasteiger partial charge in [0.2, 0.25) is 0 Å². The molecule has 0 saturated carbocycles. The van der Waals surface area contributed by atoms with Gasteiger partial charge in [-0.2, -0.15) is 0 Å². The lowest BCUT2D eigenvalue weighted by atomic mass is 10.3. The number of anilines is 1. The summed E-state index contributed by atoms with van der Waals surface area (Å²) in [6, 6.07) is 4.23. The Balaban J connectivity index is 2.31. The van der Waals surface area contributed by atoms with Crippen LogP contribution in [0.2, 0.25) is 0 Å². The number of aliphatic hydroxyl groups excluding tert-OH is 1. The van der Waals surface area contributed by atoms with Gasteiger partial charge in [0.1, 0.15) is 5.82 Å². The molecule has 0 fully saturated rings. The van der Waals surface area contributed by atoms with Gasteiger partial charge < -0.3 is 20.3 Å². The van der Waals surface area contributed by atoms with Crippen molar-refractivity contribution in [2.45, 2.75) is 24.0 Å². The van der Waals surface area contributed by atoms with Gasteiger partial charge in [0, 0.05) is 23.4 Å². The van der Waals surface area contributed by atoms with E-state index in [0.717, 1.165) is 4.90 Å². The molecular weight excluding hydrogens is 269 g/mol. The van der Waals surface area contributed by atoms with E-state index >= 15 is 0 Å². The third-order valence-electron chi connectivity index (χ3n) is 2.38. The van der Waals surface area contributed by atoms with Crippen molar-refractivity contribution < 1.29 is 19.0 Å². The Hall–Kier alpha value is -0.820. The minimum absolute atomic E-state index is 0.0551. The molecule has 0 amide bonds. The highest BCUT2D eigenvalue weighted by atomic mass is 32.2. The number of methoxy groups -OCH3 is 1. The second-order valence-electron chi connectivity index (χ2n) is 4.25. The molecule has 1 rings (SSSR count). The number of thioether (sulfide) groups is 1. The molecule has 0 saturated heterocycles. The van der Waals surface area contributed by atoms with Crippen LogP contribution in [0, 0.1) is 5.82 Å². The third kappa shape index (κ3) is 6.24. The maximum absolute atomic E-state index is 12.9. The first-order valence-corrected chi connectivity index (χ1v) is 6.98. The molecule has 0 spiro atoms. The lowest BCUT2D eigenvalue weighted by molar-refractivity contribution is -0.0257. The fourth-order valence-corrected chi connectivity index (χ4v) is 2.30. The Bertz CT molecular complexity index is 392. The monoisotopic (exact) mass is 289 g/mol. The Morgan fingerprint density at radius 1 is 1.42 bits per heavy atom. The minimum atomic E-state index is -0.603. The van der Waals surface area contributed by atoms with E-state index in [4.69, 9.17) is 15.2 Å². The average molecular weight is 289 g/mol. The van der Waals surface area contributed by atoms with Gasteiger partial charge in [-0.3, -0.25) is 0 Å². The zero-order chi connectivity index (χ0) is 14.3.